The molecule has 0 fully saturated rings. The number of aryl methyl sites for hydroxylation is 1. The second-order valence-corrected chi connectivity index (χ2v) is 3.85. The molecular formula is C10H12ClN3O. The number of hydrogen-bond acceptors (Lipinski definition) is 2. The molecule has 0 amide bonds. The lowest BCUT2D eigenvalue weighted by Gasteiger charge is -1.99. The van der Waals surface area contributed by atoms with E-state index in [9.17, 15) is 4.79 Å². The van der Waals surface area contributed by atoms with E-state index in [4.69, 9.17) is 17.3 Å². The molecule has 1 aromatic heterocycles. The van der Waals surface area contributed by atoms with Gasteiger partial charge in [-0.2, -0.15) is 0 Å². The summed E-state index contributed by atoms with van der Waals surface area (Å²) in [6.07, 6.45) is 0. The SMILES string of the molecule is Cn1c(=O)n(CCN)c2cc(Cl)ccc21. The summed E-state index contributed by atoms with van der Waals surface area (Å²) in [4.78, 5) is 11.8. The van der Waals surface area contributed by atoms with Crippen molar-refractivity contribution in [2.45, 2.75) is 6.54 Å². The molecule has 0 aliphatic rings. The molecule has 4 nitrogen and oxygen atoms in total. The van der Waals surface area contributed by atoms with Crippen molar-refractivity contribution in [2.75, 3.05) is 6.54 Å². The Morgan fingerprint density at radius 2 is 2.13 bits per heavy atom. The number of halogens is 1. The minimum atomic E-state index is -0.0577. The summed E-state index contributed by atoms with van der Waals surface area (Å²) < 4.78 is 3.24. The Morgan fingerprint density at radius 3 is 2.80 bits per heavy atom. The molecule has 0 radical (unpaired) electrons. The van der Waals surface area contributed by atoms with Gasteiger partial charge < -0.3 is 5.73 Å². The molecule has 0 bridgehead atoms. The van der Waals surface area contributed by atoms with Gasteiger partial charge in [0, 0.05) is 25.2 Å². The molecule has 1 aromatic carbocycles. The Labute approximate surface area is 91.9 Å². The van der Waals surface area contributed by atoms with Crippen molar-refractivity contribution in [3.63, 3.8) is 0 Å². The molecule has 2 N–H and O–H groups in total. The molecule has 5 heteroatoms. The number of nitrogens with zero attached hydrogens (tertiary/aromatic N) is 2. The zero-order valence-corrected chi connectivity index (χ0v) is 9.16. The molecule has 80 valence electrons. The maximum atomic E-state index is 11.8. The van der Waals surface area contributed by atoms with Gasteiger partial charge in [0.15, 0.2) is 0 Å². The molecule has 0 aliphatic heterocycles. The maximum absolute atomic E-state index is 11.8. The Kier molecular flexibility index (Phi) is 2.54. The highest BCUT2D eigenvalue weighted by molar-refractivity contribution is 6.31. The predicted octanol–water partition coefficient (Wildman–Crippen LogP) is 0.952. The largest absolute Gasteiger partial charge is 0.329 e. The quantitative estimate of drug-likeness (QED) is 0.828. The van der Waals surface area contributed by atoms with E-state index in [1.54, 1.807) is 28.3 Å². The van der Waals surface area contributed by atoms with Crippen molar-refractivity contribution in [1.82, 2.24) is 9.13 Å². The summed E-state index contributed by atoms with van der Waals surface area (Å²) in [5.41, 5.74) is 7.11. The smallest absolute Gasteiger partial charge is 0.328 e. The van der Waals surface area contributed by atoms with Crippen LogP contribution in [0.3, 0.4) is 0 Å². The zero-order chi connectivity index (χ0) is 11.0. The van der Waals surface area contributed by atoms with Crippen LogP contribution in [0.1, 0.15) is 0 Å². The van der Waals surface area contributed by atoms with Gasteiger partial charge in [0.05, 0.1) is 11.0 Å². The van der Waals surface area contributed by atoms with Crippen molar-refractivity contribution in [3.05, 3.63) is 33.7 Å². The molecule has 0 atom stereocenters. The first-order valence-corrected chi connectivity index (χ1v) is 5.08. The molecule has 2 rings (SSSR count). The summed E-state index contributed by atoms with van der Waals surface area (Å²) in [6, 6.07) is 5.40. The van der Waals surface area contributed by atoms with Gasteiger partial charge in [-0.1, -0.05) is 11.6 Å². The summed E-state index contributed by atoms with van der Waals surface area (Å²) in [6.45, 7) is 0.946. The van der Waals surface area contributed by atoms with Gasteiger partial charge in [0.2, 0.25) is 0 Å². The number of fused-ring (bicyclic) bond motifs is 1. The number of hydrogen-bond donors (Lipinski definition) is 1. The highest BCUT2D eigenvalue weighted by Gasteiger charge is 2.09. The van der Waals surface area contributed by atoms with E-state index in [0.29, 0.717) is 18.1 Å². The molecule has 0 saturated carbocycles. The Morgan fingerprint density at radius 1 is 1.40 bits per heavy atom. The van der Waals surface area contributed by atoms with Crippen molar-refractivity contribution < 1.29 is 0 Å². The topological polar surface area (TPSA) is 53.0 Å². The van der Waals surface area contributed by atoms with Crippen molar-refractivity contribution in [2.24, 2.45) is 12.8 Å². The first-order chi connectivity index (χ1) is 7.15. The molecule has 0 saturated heterocycles. The van der Waals surface area contributed by atoms with E-state index in [-0.39, 0.29) is 5.69 Å². The van der Waals surface area contributed by atoms with Crippen LogP contribution in [0.5, 0.6) is 0 Å². The van der Waals surface area contributed by atoms with E-state index in [1.807, 2.05) is 6.07 Å². The normalized spacial score (nSPS) is 11.1. The highest BCUT2D eigenvalue weighted by Crippen LogP contribution is 2.17. The van der Waals surface area contributed by atoms with E-state index >= 15 is 0 Å². The molecule has 15 heavy (non-hydrogen) atoms. The maximum Gasteiger partial charge on any atom is 0.328 e. The van der Waals surface area contributed by atoms with Crippen LogP contribution >= 0.6 is 11.6 Å². The minimum Gasteiger partial charge on any atom is -0.329 e. The van der Waals surface area contributed by atoms with Gasteiger partial charge in [0.1, 0.15) is 0 Å². The fourth-order valence-electron chi connectivity index (χ4n) is 1.73. The van der Waals surface area contributed by atoms with Crippen LogP contribution in [0.4, 0.5) is 0 Å². The standard InChI is InChI=1S/C10H12ClN3O/c1-13-8-3-2-7(11)6-9(8)14(5-4-12)10(13)15/h2-3,6H,4-5,12H2,1H3. The molecule has 1 heterocycles. The minimum absolute atomic E-state index is 0.0577. The van der Waals surface area contributed by atoms with Gasteiger partial charge in [-0.25, -0.2) is 4.79 Å². The van der Waals surface area contributed by atoms with Crippen LogP contribution in [-0.2, 0) is 13.6 Å². The lowest BCUT2D eigenvalue weighted by atomic mass is 10.3. The van der Waals surface area contributed by atoms with Crippen LogP contribution in [0, 0.1) is 0 Å². The van der Waals surface area contributed by atoms with Crippen molar-refractivity contribution in [1.29, 1.82) is 0 Å². The third kappa shape index (κ3) is 1.56. The summed E-state index contributed by atoms with van der Waals surface area (Å²) in [5, 5.41) is 0.624. The van der Waals surface area contributed by atoms with Crippen LogP contribution in [0.15, 0.2) is 23.0 Å². The van der Waals surface area contributed by atoms with Crippen LogP contribution in [-0.4, -0.2) is 15.7 Å². The molecule has 2 aromatic rings. The Bertz CT molecular complexity index is 556. The molecule has 0 unspecified atom stereocenters. The second kappa shape index (κ2) is 3.72. The summed E-state index contributed by atoms with van der Waals surface area (Å²) in [7, 11) is 1.74. The number of imidazole rings is 1. The van der Waals surface area contributed by atoms with E-state index in [1.165, 1.54) is 0 Å². The van der Waals surface area contributed by atoms with E-state index in [0.717, 1.165) is 11.0 Å². The number of aromatic nitrogens is 2. The summed E-state index contributed by atoms with van der Waals surface area (Å²) in [5.74, 6) is 0. The molecule has 0 spiro atoms. The van der Waals surface area contributed by atoms with Crippen LogP contribution in [0.2, 0.25) is 5.02 Å². The highest BCUT2D eigenvalue weighted by atomic mass is 35.5. The number of rotatable bonds is 2. The lowest BCUT2D eigenvalue weighted by molar-refractivity contribution is 0.675. The molecular weight excluding hydrogens is 214 g/mol. The van der Waals surface area contributed by atoms with Gasteiger partial charge in [-0.3, -0.25) is 9.13 Å². The lowest BCUT2D eigenvalue weighted by Crippen LogP contribution is -2.25. The first-order valence-electron chi connectivity index (χ1n) is 4.70. The molecule has 0 aliphatic carbocycles. The fraction of sp³-hybridized carbons (Fsp3) is 0.300. The van der Waals surface area contributed by atoms with Gasteiger partial charge >= 0.3 is 5.69 Å². The first kappa shape index (κ1) is 10.3. The van der Waals surface area contributed by atoms with Crippen LogP contribution in [0.25, 0.3) is 11.0 Å². The third-order valence-electron chi connectivity index (χ3n) is 2.46. The number of nitrogens with two attached hydrogens (primary N) is 1. The zero-order valence-electron chi connectivity index (χ0n) is 8.40. The number of benzene rings is 1. The van der Waals surface area contributed by atoms with Crippen molar-refractivity contribution in [3.8, 4) is 0 Å². The van der Waals surface area contributed by atoms with Gasteiger partial charge in [0.25, 0.3) is 0 Å². The third-order valence-corrected chi connectivity index (χ3v) is 2.70. The van der Waals surface area contributed by atoms with Crippen LogP contribution < -0.4 is 11.4 Å². The Balaban J connectivity index is 2.82. The average Bonchev–Trinajstić information content (AvgIpc) is 2.44. The predicted molar refractivity (Wildman–Crippen MR) is 61.2 cm³/mol. The van der Waals surface area contributed by atoms with Gasteiger partial charge in [-0.15, -0.1) is 0 Å². The van der Waals surface area contributed by atoms with E-state index < -0.39 is 0 Å². The van der Waals surface area contributed by atoms with E-state index in [2.05, 4.69) is 0 Å². The monoisotopic (exact) mass is 225 g/mol. The fourth-order valence-corrected chi connectivity index (χ4v) is 1.90. The average molecular weight is 226 g/mol. The van der Waals surface area contributed by atoms with Gasteiger partial charge in [-0.05, 0) is 18.2 Å². The second-order valence-electron chi connectivity index (χ2n) is 3.41. The van der Waals surface area contributed by atoms with Crippen molar-refractivity contribution >= 4 is 22.6 Å². The Hall–Kier alpha value is -1.26. The summed E-state index contributed by atoms with van der Waals surface area (Å²) >= 11 is 5.90.